The van der Waals surface area contributed by atoms with Gasteiger partial charge in [-0.1, -0.05) is 36.9 Å². The Kier molecular flexibility index (Phi) is 4.75. The zero-order chi connectivity index (χ0) is 20.5. The quantitative estimate of drug-likeness (QED) is 0.606. The molecule has 3 atom stereocenters. The molecular weight excluding hydrogens is 368 g/mol. The molecule has 2 aliphatic heterocycles. The van der Waals surface area contributed by atoms with Crippen LogP contribution in [0.1, 0.15) is 18.4 Å². The van der Waals surface area contributed by atoms with E-state index in [1.807, 2.05) is 30.0 Å². The molecule has 8 nitrogen and oxygen atoms in total. The highest BCUT2D eigenvalue weighted by atomic mass is 16.2. The highest BCUT2D eigenvalue weighted by Crippen LogP contribution is 2.35. The van der Waals surface area contributed by atoms with Crippen LogP contribution in [-0.2, 0) is 9.59 Å². The number of nitrogen functional groups attached to an aromatic ring is 1. The molecule has 1 aromatic heterocycles. The molecule has 0 aliphatic carbocycles. The molecule has 0 radical (unpaired) electrons. The van der Waals surface area contributed by atoms with E-state index < -0.39 is 6.04 Å². The van der Waals surface area contributed by atoms with Crippen LogP contribution in [-0.4, -0.2) is 41.8 Å². The Balaban J connectivity index is 1.88. The van der Waals surface area contributed by atoms with Crippen LogP contribution in [0.2, 0.25) is 0 Å². The maximum absolute atomic E-state index is 12.7. The number of rotatable bonds is 4. The minimum atomic E-state index is -0.498. The van der Waals surface area contributed by atoms with Gasteiger partial charge in [-0.05, 0) is 12.5 Å². The van der Waals surface area contributed by atoms with Gasteiger partial charge in [0.1, 0.15) is 17.7 Å². The van der Waals surface area contributed by atoms with E-state index in [2.05, 4.69) is 39.3 Å². The fourth-order valence-corrected chi connectivity index (χ4v) is 4.04. The lowest BCUT2D eigenvalue weighted by Crippen LogP contribution is -2.64. The summed E-state index contributed by atoms with van der Waals surface area (Å²) in [5.41, 5.74) is 7.97. The summed E-state index contributed by atoms with van der Waals surface area (Å²) in [5, 5.41) is 6.65. The fourth-order valence-electron chi connectivity index (χ4n) is 4.04. The van der Waals surface area contributed by atoms with Gasteiger partial charge in [0, 0.05) is 28.8 Å². The van der Waals surface area contributed by atoms with E-state index >= 15 is 0 Å². The molecule has 1 saturated heterocycles. The van der Waals surface area contributed by atoms with Crippen molar-refractivity contribution in [1.82, 2.24) is 15.6 Å². The van der Waals surface area contributed by atoms with Crippen molar-refractivity contribution in [3.05, 3.63) is 52.5 Å². The topological polar surface area (TPSA) is 113 Å². The van der Waals surface area contributed by atoms with Crippen LogP contribution in [0.4, 0.5) is 11.5 Å². The Bertz CT molecular complexity index is 1100. The average Bonchev–Trinajstić information content (AvgIpc) is 3.14. The first-order chi connectivity index (χ1) is 14.0. The third-order valence-electron chi connectivity index (χ3n) is 5.48. The van der Waals surface area contributed by atoms with Gasteiger partial charge in [-0.25, -0.2) is 4.98 Å². The number of benzene rings is 1. The molecule has 0 bridgehead atoms. The molecule has 8 heteroatoms. The van der Waals surface area contributed by atoms with Gasteiger partial charge in [-0.2, -0.15) is 0 Å². The molecule has 0 spiro atoms. The lowest BCUT2D eigenvalue weighted by atomic mass is 9.89. The fraction of sp³-hybridized carbons (Fsp3) is 0.238. The zero-order valence-electron chi connectivity index (χ0n) is 16.0. The molecule has 3 heterocycles. The van der Waals surface area contributed by atoms with E-state index in [0.29, 0.717) is 34.9 Å². The van der Waals surface area contributed by atoms with E-state index in [1.165, 1.54) is 6.20 Å². The average molecular weight is 390 g/mol. The maximum Gasteiger partial charge on any atom is 0.247 e. The van der Waals surface area contributed by atoms with E-state index in [9.17, 15) is 9.59 Å². The summed E-state index contributed by atoms with van der Waals surface area (Å²) in [6.07, 6.45) is 3.63. The third kappa shape index (κ3) is 3.12. The summed E-state index contributed by atoms with van der Waals surface area (Å²) in [6, 6.07) is 9.38. The van der Waals surface area contributed by atoms with Crippen LogP contribution in [0.15, 0.2) is 41.5 Å². The molecule has 148 valence electrons. The van der Waals surface area contributed by atoms with Crippen molar-refractivity contribution in [1.29, 1.82) is 0 Å². The number of amidine groups is 1. The number of anilines is 2. The molecule has 1 fully saturated rings. The molecule has 2 aromatic rings. The van der Waals surface area contributed by atoms with Crippen molar-refractivity contribution in [2.24, 2.45) is 4.99 Å². The minimum Gasteiger partial charge on any atom is -0.382 e. The summed E-state index contributed by atoms with van der Waals surface area (Å²) < 4.78 is 0. The number of piperazine rings is 1. The highest BCUT2D eigenvalue weighted by molar-refractivity contribution is 6.10. The molecule has 4 rings (SSSR count). The first-order valence-electron chi connectivity index (χ1n) is 9.34. The van der Waals surface area contributed by atoms with Crippen molar-refractivity contribution in [3.63, 3.8) is 0 Å². The van der Waals surface area contributed by atoms with Crippen molar-refractivity contribution in [2.45, 2.75) is 24.9 Å². The van der Waals surface area contributed by atoms with E-state index in [1.54, 1.807) is 6.20 Å². The summed E-state index contributed by atoms with van der Waals surface area (Å²) >= 11 is 0. The Hall–Kier alpha value is -3.68. The SMILES string of the molecule is C=c1c(N2C(C)C(=O)NC3=NCC(c4ccccc4)C32)c(N)ncc1=CNC=O. The van der Waals surface area contributed by atoms with Crippen molar-refractivity contribution >= 4 is 42.4 Å². The third-order valence-corrected chi connectivity index (χ3v) is 5.48. The Morgan fingerprint density at radius 1 is 1.34 bits per heavy atom. The van der Waals surface area contributed by atoms with E-state index in [0.717, 1.165) is 5.56 Å². The monoisotopic (exact) mass is 390 g/mol. The molecule has 2 aliphatic rings. The number of nitrogens with one attached hydrogen (secondary N) is 2. The predicted molar refractivity (Wildman–Crippen MR) is 112 cm³/mol. The van der Waals surface area contributed by atoms with Crippen LogP contribution in [0.5, 0.6) is 0 Å². The van der Waals surface area contributed by atoms with Gasteiger partial charge < -0.3 is 21.3 Å². The number of hydrogen-bond acceptors (Lipinski definition) is 6. The van der Waals surface area contributed by atoms with Crippen LogP contribution in [0.25, 0.3) is 12.8 Å². The molecule has 3 unspecified atom stereocenters. The normalized spacial score (nSPS) is 24.0. The minimum absolute atomic E-state index is 0.0498. The maximum atomic E-state index is 12.7. The van der Waals surface area contributed by atoms with Gasteiger partial charge in [0.25, 0.3) is 0 Å². The first-order valence-corrected chi connectivity index (χ1v) is 9.34. The number of nitrogens with zero attached hydrogens (tertiary/aromatic N) is 3. The lowest BCUT2D eigenvalue weighted by molar-refractivity contribution is -0.121. The van der Waals surface area contributed by atoms with E-state index in [-0.39, 0.29) is 23.7 Å². The number of nitrogens with two attached hydrogens (primary N) is 1. The number of fused-ring (bicyclic) bond motifs is 1. The number of carbonyl (C=O) groups is 2. The molecule has 29 heavy (non-hydrogen) atoms. The zero-order valence-corrected chi connectivity index (χ0v) is 16.0. The molecule has 4 N–H and O–H groups in total. The number of aliphatic imine (C=N–C) groups is 1. The summed E-state index contributed by atoms with van der Waals surface area (Å²) in [6.45, 7) is 6.55. The van der Waals surface area contributed by atoms with Gasteiger partial charge in [0.2, 0.25) is 12.3 Å². The van der Waals surface area contributed by atoms with Gasteiger partial charge in [-0.15, -0.1) is 0 Å². The number of amides is 2. The highest BCUT2D eigenvalue weighted by Gasteiger charge is 2.46. The van der Waals surface area contributed by atoms with Crippen molar-refractivity contribution in [3.8, 4) is 0 Å². The molecular formula is C21H22N6O2. The predicted octanol–water partition coefficient (Wildman–Crippen LogP) is -0.553. The standard InChI is InChI=1S/C21H22N6O2/c1-12-15(8-23-11-28)9-24-19(22)17(12)27-13(2)21(29)26-20-18(27)16(10-25-20)14-6-4-3-5-7-14/h3-9,11,13,16,18H,1,10,22H2,2H3,(H,23,28)(H,25,26,29). The largest absolute Gasteiger partial charge is 0.382 e. The Morgan fingerprint density at radius 2 is 2.10 bits per heavy atom. The van der Waals surface area contributed by atoms with Gasteiger partial charge in [-0.3, -0.25) is 14.6 Å². The van der Waals surface area contributed by atoms with Gasteiger partial charge >= 0.3 is 0 Å². The first kappa shape index (κ1) is 18.7. The van der Waals surface area contributed by atoms with Crippen molar-refractivity contribution in [2.75, 3.05) is 17.2 Å². The van der Waals surface area contributed by atoms with Crippen LogP contribution in [0.3, 0.4) is 0 Å². The molecule has 1 aromatic carbocycles. The second-order valence-electron chi connectivity index (χ2n) is 7.12. The van der Waals surface area contributed by atoms with Crippen molar-refractivity contribution < 1.29 is 9.59 Å². The van der Waals surface area contributed by atoms with Crippen LogP contribution in [0, 0.1) is 0 Å². The Labute approximate surface area is 167 Å². The van der Waals surface area contributed by atoms with Gasteiger partial charge in [0.15, 0.2) is 0 Å². The number of pyridine rings is 1. The summed E-state index contributed by atoms with van der Waals surface area (Å²) in [7, 11) is 0. The Morgan fingerprint density at radius 3 is 2.83 bits per heavy atom. The molecule has 0 saturated carbocycles. The number of hydrogen-bond donors (Lipinski definition) is 3. The van der Waals surface area contributed by atoms with E-state index in [4.69, 9.17) is 5.73 Å². The van der Waals surface area contributed by atoms with Crippen LogP contribution < -0.4 is 31.7 Å². The summed E-state index contributed by atoms with van der Waals surface area (Å²) in [4.78, 5) is 34.2. The number of carbonyl (C=O) groups excluding carboxylic acids is 2. The second kappa shape index (κ2) is 7.38. The second-order valence-corrected chi connectivity index (χ2v) is 7.12. The van der Waals surface area contributed by atoms with Crippen LogP contribution >= 0.6 is 0 Å². The number of aromatic nitrogens is 1. The van der Waals surface area contributed by atoms with Gasteiger partial charge in [0.05, 0.1) is 18.3 Å². The molecule has 2 amide bonds. The smallest absolute Gasteiger partial charge is 0.247 e. The lowest BCUT2D eigenvalue weighted by Gasteiger charge is -2.43. The summed E-state index contributed by atoms with van der Waals surface area (Å²) in [5.74, 6) is 0.792.